The lowest BCUT2D eigenvalue weighted by Crippen LogP contribution is -2.58. The van der Waals surface area contributed by atoms with Crippen molar-refractivity contribution in [3.05, 3.63) is 0 Å². The third-order valence-electron chi connectivity index (χ3n) is 5.57. The Hall–Kier alpha value is -3.25. The molecule has 0 spiro atoms. The maximum Gasteiger partial charge on any atom is 0.327 e. The van der Waals surface area contributed by atoms with E-state index in [9.17, 15) is 39.0 Å². The number of carbonyl (C=O) groups excluding carboxylic acids is 4. The first-order valence-corrected chi connectivity index (χ1v) is 14.1. The highest BCUT2D eigenvalue weighted by molar-refractivity contribution is 8.77. The molecule has 0 radical (unpaired) electrons. The summed E-state index contributed by atoms with van der Waals surface area (Å²) in [7, 11) is 3.53. The lowest BCUT2D eigenvalue weighted by atomic mass is 10.0. The van der Waals surface area contributed by atoms with Gasteiger partial charge in [0.05, 0.1) is 23.8 Å². The van der Waals surface area contributed by atoms with Crippen molar-refractivity contribution in [3.63, 3.8) is 0 Å². The molecule has 0 aromatic rings. The molecule has 11 N–H and O–H groups in total. The largest absolute Gasteiger partial charge is 0.481 e. The average molecular weight is 593 g/mol. The van der Waals surface area contributed by atoms with Crippen molar-refractivity contribution in [2.75, 3.05) is 25.9 Å². The van der Waals surface area contributed by atoms with Crippen LogP contribution in [0.25, 0.3) is 0 Å². The number of nitrogens with one attached hydrogen (secondary N) is 3. The van der Waals surface area contributed by atoms with E-state index >= 15 is 0 Å². The van der Waals surface area contributed by atoms with E-state index in [1.54, 1.807) is 0 Å². The van der Waals surface area contributed by atoms with Gasteiger partial charge in [-0.2, -0.15) is 0 Å². The fourth-order valence-electron chi connectivity index (χ4n) is 3.48. The minimum absolute atomic E-state index is 0.0432. The standard InChI is InChI=1S/C21H36N8O8S2/c1-21(2)15(19(36)37)28-16(33)11(7-14(31)32)27-13(30)8-26-17(34)12(5-4-6-25-20(23)24)29(3)18(35)10(22)9-38-39-21/h10-12,15H,4-9,22H2,1-3H3,(H,26,34)(H,27,30)(H,28,33)(H,31,32)(H,36,37)(H4,23,24,25)/t10-,11-,12-,15+/m0/s1. The van der Waals surface area contributed by atoms with E-state index in [-0.39, 0.29) is 24.7 Å². The van der Waals surface area contributed by atoms with Gasteiger partial charge in [-0.15, -0.1) is 0 Å². The summed E-state index contributed by atoms with van der Waals surface area (Å²) in [6.45, 7) is 2.61. The van der Waals surface area contributed by atoms with Gasteiger partial charge in [0.2, 0.25) is 23.6 Å². The van der Waals surface area contributed by atoms with Crippen molar-refractivity contribution in [1.29, 1.82) is 0 Å². The average Bonchev–Trinajstić information content (AvgIpc) is 2.82. The molecule has 39 heavy (non-hydrogen) atoms. The highest BCUT2D eigenvalue weighted by Gasteiger charge is 2.40. The summed E-state index contributed by atoms with van der Waals surface area (Å²) < 4.78 is -1.15. The fraction of sp³-hybridized carbons (Fsp3) is 0.667. The number of nitrogens with two attached hydrogens (primary N) is 3. The Kier molecular flexibility index (Phi) is 13.3. The minimum atomic E-state index is -1.62. The molecule has 0 aromatic carbocycles. The summed E-state index contributed by atoms with van der Waals surface area (Å²) in [6.07, 6.45) is -0.399. The molecule has 1 rings (SSSR count). The Morgan fingerprint density at radius 3 is 2.33 bits per heavy atom. The quantitative estimate of drug-likeness (QED) is 0.0635. The Labute approximate surface area is 233 Å². The van der Waals surface area contributed by atoms with Gasteiger partial charge in [0, 0.05) is 19.3 Å². The number of hydrogen-bond donors (Lipinski definition) is 8. The molecule has 16 nitrogen and oxygen atoms in total. The second-order valence-corrected chi connectivity index (χ2v) is 12.2. The number of aliphatic imine (C=N–C) groups is 1. The van der Waals surface area contributed by atoms with Crippen LogP contribution in [0.3, 0.4) is 0 Å². The molecule has 220 valence electrons. The third kappa shape index (κ3) is 11.2. The molecule has 1 saturated heterocycles. The molecule has 0 saturated carbocycles. The van der Waals surface area contributed by atoms with E-state index in [0.717, 1.165) is 26.5 Å². The van der Waals surface area contributed by atoms with E-state index in [4.69, 9.17) is 17.2 Å². The number of likely N-dealkylation sites (N-methyl/N-ethyl adjacent to an activating group) is 1. The van der Waals surface area contributed by atoms with Crippen LogP contribution < -0.4 is 33.2 Å². The van der Waals surface area contributed by atoms with Crippen LogP contribution in [0.15, 0.2) is 4.99 Å². The first-order chi connectivity index (χ1) is 18.1. The van der Waals surface area contributed by atoms with Crippen LogP contribution in [-0.2, 0) is 28.8 Å². The summed E-state index contributed by atoms with van der Waals surface area (Å²) >= 11 is 0. The normalized spacial score (nSPS) is 25.5. The number of amides is 4. The highest BCUT2D eigenvalue weighted by atomic mass is 33.1. The van der Waals surface area contributed by atoms with Crippen molar-refractivity contribution >= 4 is 63.1 Å². The van der Waals surface area contributed by atoms with Gasteiger partial charge in [0.25, 0.3) is 0 Å². The van der Waals surface area contributed by atoms with E-state index in [1.807, 2.05) is 0 Å². The molecule has 4 atom stereocenters. The number of guanidine groups is 1. The molecular formula is C21H36N8O8S2. The summed E-state index contributed by atoms with van der Waals surface area (Å²) in [5, 5.41) is 25.8. The topological polar surface area (TPSA) is 273 Å². The van der Waals surface area contributed by atoms with Crippen molar-refractivity contribution in [1.82, 2.24) is 20.9 Å². The second kappa shape index (κ2) is 15.4. The lowest BCUT2D eigenvalue weighted by Gasteiger charge is -2.32. The van der Waals surface area contributed by atoms with Crippen LogP contribution in [0.1, 0.15) is 33.1 Å². The predicted molar refractivity (Wildman–Crippen MR) is 145 cm³/mol. The van der Waals surface area contributed by atoms with E-state index in [0.29, 0.717) is 6.42 Å². The monoisotopic (exact) mass is 592 g/mol. The Balaban J connectivity index is 3.31. The number of aliphatic carboxylic acids is 2. The zero-order valence-electron chi connectivity index (χ0n) is 21.8. The van der Waals surface area contributed by atoms with E-state index in [1.165, 1.54) is 20.9 Å². The molecule has 1 aliphatic heterocycles. The first kappa shape index (κ1) is 33.8. The number of nitrogens with zero attached hydrogens (tertiary/aromatic N) is 2. The number of rotatable bonds is 7. The summed E-state index contributed by atoms with van der Waals surface area (Å²) in [6, 6.07) is -5.22. The predicted octanol–water partition coefficient (Wildman–Crippen LogP) is -2.99. The zero-order chi connectivity index (χ0) is 29.9. The Bertz CT molecular complexity index is 976. The number of carboxylic acids is 2. The number of hydrogen-bond acceptors (Lipinski definition) is 10. The number of carboxylic acid groups (broad SMARTS) is 2. The maximum atomic E-state index is 13.0. The number of carbonyl (C=O) groups is 6. The van der Waals surface area contributed by atoms with Crippen LogP contribution in [0, 0.1) is 0 Å². The zero-order valence-corrected chi connectivity index (χ0v) is 23.5. The summed E-state index contributed by atoms with van der Waals surface area (Å²) in [5.41, 5.74) is 16.7. The SMILES string of the molecule is CN1C(=O)[C@@H](N)CSSC(C)(C)[C@@H](C(=O)O)NC(=O)[C@H](CC(=O)O)NC(=O)CNC(=O)[C@@H]1CCCN=C(N)N. The summed E-state index contributed by atoms with van der Waals surface area (Å²) in [5.74, 6) is -6.11. The lowest BCUT2D eigenvalue weighted by molar-refractivity contribution is -0.144. The van der Waals surface area contributed by atoms with Crippen LogP contribution in [0.5, 0.6) is 0 Å². The molecule has 18 heteroatoms. The fourth-order valence-corrected chi connectivity index (χ4v) is 6.24. The van der Waals surface area contributed by atoms with Gasteiger partial charge in [0.15, 0.2) is 5.96 Å². The highest BCUT2D eigenvalue weighted by Crippen LogP contribution is 2.38. The maximum absolute atomic E-state index is 13.0. The van der Waals surface area contributed by atoms with Crippen molar-refractivity contribution in [3.8, 4) is 0 Å². The Morgan fingerprint density at radius 2 is 1.77 bits per heavy atom. The van der Waals surface area contributed by atoms with Gasteiger partial charge in [-0.1, -0.05) is 21.6 Å². The van der Waals surface area contributed by atoms with Gasteiger partial charge in [-0.3, -0.25) is 29.0 Å². The van der Waals surface area contributed by atoms with Crippen LogP contribution in [0.2, 0.25) is 0 Å². The summed E-state index contributed by atoms with van der Waals surface area (Å²) in [4.78, 5) is 79.6. The first-order valence-electron chi connectivity index (χ1n) is 11.8. The molecule has 0 aliphatic carbocycles. The molecule has 0 bridgehead atoms. The minimum Gasteiger partial charge on any atom is -0.481 e. The molecule has 1 heterocycles. The van der Waals surface area contributed by atoms with Crippen molar-refractivity contribution in [2.24, 2.45) is 22.2 Å². The van der Waals surface area contributed by atoms with E-state index < -0.39 is 77.4 Å². The van der Waals surface area contributed by atoms with Gasteiger partial charge in [-0.25, -0.2) is 4.79 Å². The van der Waals surface area contributed by atoms with Gasteiger partial charge in [-0.05, 0) is 26.7 Å². The van der Waals surface area contributed by atoms with Crippen molar-refractivity contribution < 1.29 is 39.0 Å². The van der Waals surface area contributed by atoms with Crippen LogP contribution in [-0.4, -0.2) is 111 Å². The van der Waals surface area contributed by atoms with Gasteiger partial charge >= 0.3 is 11.9 Å². The molecule has 1 aliphatic rings. The van der Waals surface area contributed by atoms with Crippen LogP contribution in [0.4, 0.5) is 0 Å². The molecular weight excluding hydrogens is 556 g/mol. The molecule has 0 unspecified atom stereocenters. The van der Waals surface area contributed by atoms with Crippen LogP contribution >= 0.6 is 21.6 Å². The smallest absolute Gasteiger partial charge is 0.327 e. The van der Waals surface area contributed by atoms with Gasteiger partial charge in [0.1, 0.15) is 18.1 Å². The molecule has 4 amide bonds. The second-order valence-electron chi connectivity index (χ2n) is 9.21. The van der Waals surface area contributed by atoms with Crippen molar-refractivity contribution in [2.45, 2.75) is 62.0 Å². The van der Waals surface area contributed by atoms with Gasteiger partial charge < -0.3 is 48.3 Å². The molecule has 1 fully saturated rings. The third-order valence-corrected chi connectivity index (χ3v) is 8.90. The molecule has 0 aromatic heterocycles. The van der Waals surface area contributed by atoms with E-state index in [2.05, 4.69) is 20.9 Å². The Morgan fingerprint density at radius 1 is 1.13 bits per heavy atom.